The molecule has 0 aromatic carbocycles. The first-order valence-electron chi connectivity index (χ1n) is 7.78. The second-order valence-corrected chi connectivity index (χ2v) is 7.13. The predicted octanol–water partition coefficient (Wildman–Crippen LogP) is 2.72. The molecule has 8 heteroatoms. The van der Waals surface area contributed by atoms with E-state index in [0.717, 1.165) is 23.1 Å². The van der Waals surface area contributed by atoms with Gasteiger partial charge in [-0.05, 0) is 39.7 Å². The number of guanidine groups is 1. The van der Waals surface area contributed by atoms with Gasteiger partial charge in [0.15, 0.2) is 5.96 Å². The van der Waals surface area contributed by atoms with Gasteiger partial charge in [0.05, 0.1) is 12.2 Å². The molecule has 0 aliphatic rings. The Morgan fingerprint density at radius 2 is 2.08 bits per heavy atom. The van der Waals surface area contributed by atoms with E-state index in [-0.39, 0.29) is 30.0 Å². The second-order valence-electron chi connectivity index (χ2n) is 5.81. The van der Waals surface area contributed by atoms with Crippen molar-refractivity contribution in [2.45, 2.75) is 46.7 Å². The van der Waals surface area contributed by atoms with E-state index in [9.17, 15) is 0 Å². The maximum atomic E-state index is 4.48. The summed E-state index contributed by atoms with van der Waals surface area (Å²) in [7, 11) is 3.77. The SMILES string of the molecule is CN=C(NCc1ncc(C)s1)NC(C)Cc1c(C)nn(C)c1C.I. The fourth-order valence-electron chi connectivity index (χ4n) is 2.54. The fraction of sp³-hybridized carbons (Fsp3) is 0.562. The van der Waals surface area contributed by atoms with E-state index in [0.29, 0.717) is 6.54 Å². The van der Waals surface area contributed by atoms with Crippen LogP contribution in [0.5, 0.6) is 0 Å². The summed E-state index contributed by atoms with van der Waals surface area (Å²) in [5.74, 6) is 0.796. The molecule has 2 N–H and O–H groups in total. The van der Waals surface area contributed by atoms with Gasteiger partial charge in [-0.25, -0.2) is 4.98 Å². The Bertz CT molecular complexity index is 691. The third kappa shape index (κ3) is 5.44. The third-order valence-electron chi connectivity index (χ3n) is 3.85. The molecule has 0 spiro atoms. The molecule has 134 valence electrons. The van der Waals surface area contributed by atoms with Gasteiger partial charge in [-0.3, -0.25) is 9.67 Å². The lowest BCUT2D eigenvalue weighted by Crippen LogP contribution is -2.42. The topological polar surface area (TPSA) is 67.1 Å². The van der Waals surface area contributed by atoms with Crippen LogP contribution in [0.2, 0.25) is 0 Å². The number of halogens is 1. The summed E-state index contributed by atoms with van der Waals surface area (Å²) in [5.41, 5.74) is 3.62. The molecule has 0 aliphatic carbocycles. The molecule has 2 aromatic rings. The van der Waals surface area contributed by atoms with Crippen LogP contribution in [0.25, 0.3) is 0 Å². The van der Waals surface area contributed by atoms with Gasteiger partial charge in [-0.15, -0.1) is 35.3 Å². The van der Waals surface area contributed by atoms with Crippen LogP contribution in [-0.2, 0) is 20.0 Å². The van der Waals surface area contributed by atoms with Crippen LogP contribution in [0.4, 0.5) is 0 Å². The highest BCUT2D eigenvalue weighted by Crippen LogP contribution is 2.14. The number of aryl methyl sites for hydroxylation is 3. The van der Waals surface area contributed by atoms with Gasteiger partial charge in [-0.2, -0.15) is 5.10 Å². The molecule has 0 saturated heterocycles. The van der Waals surface area contributed by atoms with Crippen molar-refractivity contribution in [2.75, 3.05) is 7.05 Å². The number of aliphatic imine (C=N–C) groups is 1. The molecule has 0 aliphatic heterocycles. The lowest BCUT2D eigenvalue weighted by molar-refractivity contribution is 0.635. The number of rotatable bonds is 5. The molecule has 0 radical (unpaired) electrons. The Labute approximate surface area is 165 Å². The highest BCUT2D eigenvalue weighted by molar-refractivity contribution is 14.0. The lowest BCUT2D eigenvalue weighted by Gasteiger charge is -2.18. The molecule has 2 heterocycles. The summed E-state index contributed by atoms with van der Waals surface area (Å²) in [5, 5.41) is 12.3. The first-order valence-corrected chi connectivity index (χ1v) is 8.60. The van der Waals surface area contributed by atoms with Crippen LogP contribution < -0.4 is 10.6 Å². The molecule has 24 heavy (non-hydrogen) atoms. The van der Waals surface area contributed by atoms with Gasteiger partial charge < -0.3 is 10.6 Å². The Balaban J connectivity index is 0.00000288. The van der Waals surface area contributed by atoms with Crippen LogP contribution in [-0.4, -0.2) is 33.8 Å². The zero-order chi connectivity index (χ0) is 17.0. The van der Waals surface area contributed by atoms with Crippen LogP contribution >= 0.6 is 35.3 Å². The van der Waals surface area contributed by atoms with Crippen molar-refractivity contribution in [3.05, 3.63) is 33.0 Å². The largest absolute Gasteiger partial charge is 0.354 e. The second kappa shape index (κ2) is 9.36. The van der Waals surface area contributed by atoms with Gasteiger partial charge in [-0.1, -0.05) is 0 Å². The summed E-state index contributed by atoms with van der Waals surface area (Å²) in [6.07, 6.45) is 2.82. The van der Waals surface area contributed by atoms with Crippen molar-refractivity contribution in [3.8, 4) is 0 Å². The molecule has 2 rings (SSSR count). The number of hydrogen-bond donors (Lipinski definition) is 2. The number of thiazole rings is 1. The van der Waals surface area contributed by atoms with Crippen molar-refractivity contribution in [1.82, 2.24) is 25.4 Å². The average molecular weight is 462 g/mol. The molecule has 0 amide bonds. The van der Waals surface area contributed by atoms with E-state index in [1.807, 2.05) is 17.9 Å². The summed E-state index contributed by atoms with van der Waals surface area (Å²) in [4.78, 5) is 9.87. The van der Waals surface area contributed by atoms with Gasteiger partial charge in [0.1, 0.15) is 5.01 Å². The molecule has 1 atom stereocenters. The molecular weight excluding hydrogens is 435 g/mol. The molecule has 0 bridgehead atoms. The normalized spacial score (nSPS) is 12.7. The summed E-state index contributed by atoms with van der Waals surface area (Å²) in [6, 6.07) is 0.265. The minimum atomic E-state index is 0. The van der Waals surface area contributed by atoms with Crippen molar-refractivity contribution in [2.24, 2.45) is 12.0 Å². The summed E-state index contributed by atoms with van der Waals surface area (Å²) in [6.45, 7) is 9.09. The maximum absolute atomic E-state index is 4.48. The standard InChI is InChI=1S/C16H26N6S.HI/c1-10(7-14-12(3)21-22(6)13(14)4)20-16(17-5)19-9-15-18-8-11(2)23-15;/h8,10H,7,9H2,1-6H3,(H2,17,19,20);1H. The van der Waals surface area contributed by atoms with E-state index in [4.69, 9.17) is 0 Å². The van der Waals surface area contributed by atoms with Gasteiger partial charge in [0, 0.05) is 36.9 Å². The highest BCUT2D eigenvalue weighted by Gasteiger charge is 2.14. The van der Waals surface area contributed by atoms with E-state index in [1.165, 1.54) is 16.1 Å². The number of aromatic nitrogens is 3. The zero-order valence-electron chi connectivity index (χ0n) is 15.2. The first-order chi connectivity index (χ1) is 10.9. The minimum absolute atomic E-state index is 0. The van der Waals surface area contributed by atoms with Crippen molar-refractivity contribution in [3.63, 3.8) is 0 Å². The Morgan fingerprint density at radius 3 is 2.58 bits per heavy atom. The molecular formula is C16H27IN6S. The summed E-state index contributed by atoms with van der Waals surface area (Å²) < 4.78 is 1.94. The molecule has 0 saturated carbocycles. The Morgan fingerprint density at radius 1 is 1.38 bits per heavy atom. The van der Waals surface area contributed by atoms with Gasteiger partial charge in [0.2, 0.25) is 0 Å². The van der Waals surface area contributed by atoms with Crippen LogP contribution in [0, 0.1) is 20.8 Å². The fourth-order valence-corrected chi connectivity index (χ4v) is 3.27. The monoisotopic (exact) mass is 462 g/mol. The number of nitrogens with one attached hydrogen (secondary N) is 2. The number of nitrogens with zero attached hydrogens (tertiary/aromatic N) is 4. The Kier molecular flexibility index (Phi) is 8.14. The predicted molar refractivity (Wildman–Crippen MR) is 111 cm³/mol. The van der Waals surface area contributed by atoms with Crippen molar-refractivity contribution in [1.29, 1.82) is 0 Å². The highest BCUT2D eigenvalue weighted by atomic mass is 127. The smallest absolute Gasteiger partial charge is 0.191 e. The van der Waals surface area contributed by atoms with Gasteiger partial charge >= 0.3 is 0 Å². The third-order valence-corrected chi connectivity index (χ3v) is 4.76. The van der Waals surface area contributed by atoms with Crippen LogP contribution in [0.1, 0.15) is 33.8 Å². The molecule has 0 fully saturated rings. The van der Waals surface area contributed by atoms with E-state index in [2.05, 4.69) is 53.4 Å². The molecule has 2 aromatic heterocycles. The van der Waals surface area contributed by atoms with Gasteiger partial charge in [0.25, 0.3) is 0 Å². The lowest BCUT2D eigenvalue weighted by atomic mass is 10.1. The van der Waals surface area contributed by atoms with E-state index in [1.54, 1.807) is 18.4 Å². The van der Waals surface area contributed by atoms with Crippen LogP contribution in [0.3, 0.4) is 0 Å². The number of hydrogen-bond acceptors (Lipinski definition) is 4. The van der Waals surface area contributed by atoms with Crippen LogP contribution in [0.15, 0.2) is 11.2 Å². The minimum Gasteiger partial charge on any atom is -0.354 e. The molecule has 1 unspecified atom stereocenters. The maximum Gasteiger partial charge on any atom is 0.191 e. The first kappa shape index (κ1) is 20.9. The average Bonchev–Trinajstić information content (AvgIpc) is 3.02. The zero-order valence-corrected chi connectivity index (χ0v) is 18.3. The summed E-state index contributed by atoms with van der Waals surface area (Å²) >= 11 is 1.70. The van der Waals surface area contributed by atoms with E-state index >= 15 is 0 Å². The molecule has 6 nitrogen and oxygen atoms in total. The van der Waals surface area contributed by atoms with Crippen molar-refractivity contribution < 1.29 is 0 Å². The Hall–Kier alpha value is -1.16. The quantitative estimate of drug-likeness (QED) is 0.408. The van der Waals surface area contributed by atoms with Crippen molar-refractivity contribution >= 4 is 41.3 Å². The van der Waals surface area contributed by atoms with E-state index < -0.39 is 0 Å².